The van der Waals surface area contributed by atoms with Crippen LogP contribution in [-0.4, -0.2) is 39.6 Å². The first kappa shape index (κ1) is 22.8. The van der Waals surface area contributed by atoms with E-state index in [4.69, 9.17) is 5.73 Å². The van der Waals surface area contributed by atoms with E-state index in [-0.39, 0.29) is 24.9 Å². The van der Waals surface area contributed by atoms with Crippen LogP contribution in [0, 0.1) is 0 Å². The van der Waals surface area contributed by atoms with Crippen LogP contribution in [0.1, 0.15) is 30.5 Å². The Morgan fingerprint density at radius 1 is 1.14 bits per heavy atom. The molecule has 3 rings (SSSR count). The molecule has 1 saturated carbocycles. The number of aliphatic hydroxyl groups is 1. The van der Waals surface area contributed by atoms with E-state index in [1.54, 1.807) is 18.3 Å². The summed E-state index contributed by atoms with van der Waals surface area (Å²) in [5.74, 6) is -0.886. The molecule has 1 fully saturated rings. The van der Waals surface area contributed by atoms with Crippen molar-refractivity contribution in [1.82, 2.24) is 15.6 Å². The van der Waals surface area contributed by atoms with E-state index in [9.17, 15) is 14.7 Å². The van der Waals surface area contributed by atoms with Gasteiger partial charge in [0.25, 0.3) is 5.91 Å². The van der Waals surface area contributed by atoms with Crippen molar-refractivity contribution in [2.24, 2.45) is 5.73 Å². The standard InChI is InChI=1S/C21H26N4O3.ClH/c22-21(10-6-11-21)20(28)25-17(13-15-7-2-1-3-8-15)18(26)19(27)24-14-16-9-4-5-12-23-16;/h1-5,7-9,12,17-18,26H,6,10-11,13-14,22H2,(H,24,27)(H,25,28);1H/t17-,18+;/m1./s1. The maximum absolute atomic E-state index is 12.6. The SMILES string of the molecule is Cl.NC1(C(=O)N[C@H](Cc2ccccc2)[C@H](O)C(=O)NCc2ccccn2)CCC1. The molecule has 0 unspecified atom stereocenters. The zero-order chi connectivity index (χ0) is 20.0. The van der Waals surface area contributed by atoms with E-state index in [2.05, 4.69) is 15.6 Å². The normalized spacial score (nSPS) is 16.5. The number of amides is 2. The smallest absolute Gasteiger partial charge is 0.251 e. The molecule has 1 aliphatic rings. The van der Waals surface area contributed by atoms with Gasteiger partial charge in [0.2, 0.25) is 5.91 Å². The van der Waals surface area contributed by atoms with E-state index in [0.29, 0.717) is 25.0 Å². The number of rotatable bonds is 8. The van der Waals surface area contributed by atoms with Crippen molar-refractivity contribution in [3.8, 4) is 0 Å². The Hall–Kier alpha value is -2.48. The molecule has 0 saturated heterocycles. The van der Waals surface area contributed by atoms with Gasteiger partial charge in [-0.3, -0.25) is 14.6 Å². The van der Waals surface area contributed by atoms with Crippen molar-refractivity contribution in [1.29, 1.82) is 0 Å². The Morgan fingerprint density at radius 2 is 1.83 bits per heavy atom. The number of aromatic nitrogens is 1. The second-order valence-electron chi connectivity index (χ2n) is 7.26. The third kappa shape index (κ3) is 6.00. The lowest BCUT2D eigenvalue weighted by Crippen LogP contribution is -2.63. The van der Waals surface area contributed by atoms with Gasteiger partial charge in [-0.25, -0.2) is 0 Å². The molecule has 1 heterocycles. The lowest BCUT2D eigenvalue weighted by molar-refractivity contribution is -0.135. The zero-order valence-electron chi connectivity index (χ0n) is 16.1. The molecular weight excluding hydrogens is 392 g/mol. The van der Waals surface area contributed by atoms with Crippen molar-refractivity contribution < 1.29 is 14.7 Å². The van der Waals surface area contributed by atoms with Crippen molar-refractivity contribution in [3.63, 3.8) is 0 Å². The molecular formula is C21H27ClN4O3. The summed E-state index contributed by atoms with van der Waals surface area (Å²) in [6.07, 6.45) is 2.67. The van der Waals surface area contributed by atoms with Crippen LogP contribution in [-0.2, 0) is 22.6 Å². The number of nitrogens with one attached hydrogen (secondary N) is 2. The summed E-state index contributed by atoms with van der Waals surface area (Å²) in [6.45, 7) is 0.198. The molecule has 1 aromatic carbocycles. The minimum atomic E-state index is -1.41. The first-order chi connectivity index (χ1) is 13.5. The number of halogens is 1. The van der Waals surface area contributed by atoms with Gasteiger partial charge in [-0.15, -0.1) is 12.4 Å². The minimum absolute atomic E-state index is 0. The van der Waals surface area contributed by atoms with Gasteiger partial charge < -0.3 is 21.5 Å². The highest BCUT2D eigenvalue weighted by atomic mass is 35.5. The van der Waals surface area contributed by atoms with E-state index >= 15 is 0 Å². The Balaban J connectivity index is 0.00000300. The Labute approximate surface area is 176 Å². The lowest BCUT2D eigenvalue weighted by atomic mass is 9.76. The number of carbonyl (C=O) groups is 2. The van der Waals surface area contributed by atoms with Crippen LogP contribution in [0.3, 0.4) is 0 Å². The fourth-order valence-electron chi connectivity index (χ4n) is 3.17. The van der Waals surface area contributed by atoms with Crippen LogP contribution in [0.5, 0.6) is 0 Å². The quantitative estimate of drug-likeness (QED) is 0.512. The first-order valence-electron chi connectivity index (χ1n) is 9.47. The highest BCUT2D eigenvalue weighted by Crippen LogP contribution is 2.29. The number of benzene rings is 1. The van der Waals surface area contributed by atoms with Gasteiger partial charge in [0.1, 0.15) is 0 Å². The summed E-state index contributed by atoms with van der Waals surface area (Å²) in [5.41, 5.74) is 6.78. The summed E-state index contributed by atoms with van der Waals surface area (Å²) in [6, 6.07) is 14.0. The molecule has 0 aliphatic heterocycles. The predicted molar refractivity (Wildman–Crippen MR) is 112 cm³/mol. The van der Waals surface area contributed by atoms with Crippen LogP contribution >= 0.6 is 12.4 Å². The molecule has 0 radical (unpaired) electrons. The molecule has 8 heteroatoms. The summed E-state index contributed by atoms with van der Waals surface area (Å²) in [4.78, 5) is 29.2. The summed E-state index contributed by atoms with van der Waals surface area (Å²) in [5, 5.41) is 16.1. The number of carbonyl (C=O) groups excluding carboxylic acids is 2. The topological polar surface area (TPSA) is 117 Å². The van der Waals surface area contributed by atoms with Gasteiger partial charge in [-0.1, -0.05) is 36.4 Å². The monoisotopic (exact) mass is 418 g/mol. The molecule has 156 valence electrons. The molecule has 7 nitrogen and oxygen atoms in total. The lowest BCUT2D eigenvalue weighted by Gasteiger charge is -2.38. The highest BCUT2D eigenvalue weighted by Gasteiger charge is 2.42. The average Bonchev–Trinajstić information content (AvgIpc) is 2.70. The summed E-state index contributed by atoms with van der Waals surface area (Å²) >= 11 is 0. The average molecular weight is 419 g/mol. The summed E-state index contributed by atoms with van der Waals surface area (Å²) in [7, 11) is 0. The fourth-order valence-corrected chi connectivity index (χ4v) is 3.17. The molecule has 5 N–H and O–H groups in total. The van der Waals surface area contributed by atoms with Crippen LogP contribution in [0.4, 0.5) is 0 Å². The van der Waals surface area contributed by atoms with Crippen molar-refractivity contribution in [2.75, 3.05) is 0 Å². The fraction of sp³-hybridized carbons (Fsp3) is 0.381. The van der Waals surface area contributed by atoms with Crippen LogP contribution in [0.2, 0.25) is 0 Å². The van der Waals surface area contributed by atoms with Crippen LogP contribution in [0.15, 0.2) is 54.7 Å². The van der Waals surface area contributed by atoms with Crippen molar-refractivity contribution in [3.05, 3.63) is 66.0 Å². The van der Waals surface area contributed by atoms with E-state index in [1.807, 2.05) is 36.4 Å². The number of pyridine rings is 1. The Kier molecular flexibility index (Phi) is 8.13. The molecule has 1 aromatic heterocycles. The minimum Gasteiger partial charge on any atom is -0.381 e. The highest BCUT2D eigenvalue weighted by molar-refractivity contribution is 5.88. The maximum Gasteiger partial charge on any atom is 0.251 e. The van der Waals surface area contributed by atoms with Crippen LogP contribution in [0.25, 0.3) is 0 Å². The molecule has 0 spiro atoms. The largest absolute Gasteiger partial charge is 0.381 e. The Morgan fingerprint density at radius 3 is 2.41 bits per heavy atom. The van der Waals surface area contributed by atoms with Crippen molar-refractivity contribution >= 4 is 24.2 Å². The molecule has 2 atom stereocenters. The van der Waals surface area contributed by atoms with Crippen LogP contribution < -0.4 is 16.4 Å². The van der Waals surface area contributed by atoms with Gasteiger partial charge in [0.15, 0.2) is 6.10 Å². The zero-order valence-corrected chi connectivity index (χ0v) is 16.9. The van der Waals surface area contributed by atoms with E-state index < -0.39 is 23.6 Å². The third-order valence-corrected chi connectivity index (χ3v) is 5.13. The molecule has 2 aromatic rings. The van der Waals surface area contributed by atoms with Gasteiger partial charge in [0, 0.05) is 6.20 Å². The Bertz CT molecular complexity index is 800. The van der Waals surface area contributed by atoms with E-state index in [1.165, 1.54) is 0 Å². The number of nitrogens with zero attached hydrogens (tertiary/aromatic N) is 1. The molecule has 1 aliphatic carbocycles. The number of hydrogen-bond donors (Lipinski definition) is 4. The second kappa shape index (κ2) is 10.3. The molecule has 2 amide bonds. The molecule has 0 bridgehead atoms. The van der Waals surface area contributed by atoms with Gasteiger partial charge in [-0.05, 0) is 43.4 Å². The number of aliphatic hydroxyl groups excluding tert-OH is 1. The van der Waals surface area contributed by atoms with E-state index in [0.717, 1.165) is 12.0 Å². The molecule has 29 heavy (non-hydrogen) atoms. The second-order valence-corrected chi connectivity index (χ2v) is 7.26. The van der Waals surface area contributed by atoms with Gasteiger partial charge in [-0.2, -0.15) is 0 Å². The number of nitrogens with two attached hydrogens (primary N) is 1. The third-order valence-electron chi connectivity index (χ3n) is 5.13. The predicted octanol–water partition coefficient (Wildman–Crippen LogP) is 1.09. The number of hydrogen-bond acceptors (Lipinski definition) is 5. The van der Waals surface area contributed by atoms with Crippen molar-refractivity contribution in [2.45, 2.75) is 49.9 Å². The van der Waals surface area contributed by atoms with Gasteiger partial charge >= 0.3 is 0 Å². The summed E-state index contributed by atoms with van der Waals surface area (Å²) < 4.78 is 0. The first-order valence-corrected chi connectivity index (χ1v) is 9.47. The van der Waals surface area contributed by atoms with Gasteiger partial charge in [0.05, 0.1) is 23.8 Å². The maximum atomic E-state index is 12.6.